The van der Waals surface area contributed by atoms with E-state index in [1.165, 1.54) is 27.1 Å². The van der Waals surface area contributed by atoms with Crippen molar-refractivity contribution in [2.24, 2.45) is 0 Å². The van der Waals surface area contributed by atoms with Gasteiger partial charge in [0.1, 0.15) is 0 Å². The molecule has 0 spiro atoms. The lowest BCUT2D eigenvalue weighted by Crippen LogP contribution is -2.04. The summed E-state index contributed by atoms with van der Waals surface area (Å²) in [5, 5.41) is 10.4. The van der Waals surface area contributed by atoms with E-state index in [0.717, 1.165) is 9.35 Å². The Bertz CT molecular complexity index is 558. The molecule has 0 bridgehead atoms. The van der Waals surface area contributed by atoms with Crippen molar-refractivity contribution in [1.82, 2.24) is 0 Å². The maximum absolute atomic E-state index is 10.4. The first-order valence-corrected chi connectivity index (χ1v) is 8.00. The summed E-state index contributed by atoms with van der Waals surface area (Å²) in [5.41, 5.74) is 5.08. The molecule has 1 aromatic carbocycles. The Morgan fingerprint density at radius 3 is 2.16 bits per heavy atom. The van der Waals surface area contributed by atoms with E-state index in [-0.39, 0.29) is 0 Å². The highest BCUT2D eigenvalue weighted by molar-refractivity contribution is 9.10. The van der Waals surface area contributed by atoms with Crippen molar-refractivity contribution in [3.05, 3.63) is 54.7 Å². The third-order valence-corrected chi connectivity index (χ3v) is 5.68. The Hall–Kier alpha value is -0.640. The van der Waals surface area contributed by atoms with Crippen LogP contribution in [0.1, 0.15) is 38.1 Å². The van der Waals surface area contributed by atoms with Gasteiger partial charge in [-0.1, -0.05) is 17.7 Å². The van der Waals surface area contributed by atoms with Crippen LogP contribution >= 0.6 is 27.3 Å². The van der Waals surface area contributed by atoms with Crippen LogP contribution in [0, 0.1) is 27.7 Å². The van der Waals surface area contributed by atoms with Crippen molar-refractivity contribution < 1.29 is 5.11 Å². The van der Waals surface area contributed by atoms with E-state index in [1.807, 2.05) is 6.07 Å². The van der Waals surface area contributed by atoms with Gasteiger partial charge >= 0.3 is 0 Å². The van der Waals surface area contributed by atoms with E-state index in [0.29, 0.717) is 6.42 Å². The predicted molar refractivity (Wildman–Crippen MR) is 86.1 cm³/mol. The number of aliphatic hydroxyl groups excluding tert-OH is 1. The molecule has 0 radical (unpaired) electrons. The average Bonchev–Trinajstić information content (AvgIpc) is 2.64. The molecule has 0 amide bonds. The van der Waals surface area contributed by atoms with Gasteiger partial charge in [0, 0.05) is 20.6 Å². The van der Waals surface area contributed by atoms with Crippen LogP contribution in [0.15, 0.2) is 22.7 Å². The molecule has 0 saturated heterocycles. The van der Waals surface area contributed by atoms with Gasteiger partial charge in [-0.15, -0.1) is 11.3 Å². The van der Waals surface area contributed by atoms with Gasteiger partial charge in [0.05, 0.1) is 6.10 Å². The number of rotatable bonds is 3. The second-order valence-electron chi connectivity index (χ2n) is 5.15. The van der Waals surface area contributed by atoms with Crippen LogP contribution in [0.25, 0.3) is 0 Å². The van der Waals surface area contributed by atoms with Gasteiger partial charge in [0.25, 0.3) is 0 Å². The van der Waals surface area contributed by atoms with Gasteiger partial charge in [0.2, 0.25) is 0 Å². The number of benzene rings is 1. The van der Waals surface area contributed by atoms with Crippen molar-refractivity contribution in [3.63, 3.8) is 0 Å². The molecule has 19 heavy (non-hydrogen) atoms. The van der Waals surface area contributed by atoms with Crippen LogP contribution in [0.4, 0.5) is 0 Å². The third-order valence-electron chi connectivity index (χ3n) is 3.44. The summed E-state index contributed by atoms with van der Waals surface area (Å²) in [6.07, 6.45) is 0.264. The zero-order valence-corrected chi connectivity index (χ0v) is 14.2. The van der Waals surface area contributed by atoms with Crippen molar-refractivity contribution >= 4 is 27.3 Å². The predicted octanol–water partition coefficient (Wildman–Crippen LogP) is 5.02. The third kappa shape index (κ3) is 3.28. The Kier molecular flexibility index (Phi) is 4.49. The number of thiophene rings is 1. The van der Waals surface area contributed by atoms with Gasteiger partial charge in [-0.2, -0.15) is 0 Å². The van der Waals surface area contributed by atoms with E-state index >= 15 is 0 Å². The molecule has 1 atom stereocenters. The van der Waals surface area contributed by atoms with Gasteiger partial charge in [-0.3, -0.25) is 0 Å². The molecule has 0 fully saturated rings. The molecule has 1 heterocycles. The first kappa shape index (κ1) is 14.8. The lowest BCUT2D eigenvalue weighted by atomic mass is 9.95. The highest BCUT2D eigenvalue weighted by Gasteiger charge is 2.15. The number of hydrogen-bond donors (Lipinski definition) is 1. The Morgan fingerprint density at radius 1 is 1.11 bits per heavy atom. The SMILES string of the molecule is Cc1cc(C)c(CC(O)c2cc(Br)c(C)s2)c(C)c1. The summed E-state index contributed by atoms with van der Waals surface area (Å²) in [7, 11) is 0. The van der Waals surface area contributed by atoms with Crippen LogP contribution < -0.4 is 0 Å². The lowest BCUT2D eigenvalue weighted by molar-refractivity contribution is 0.182. The standard InChI is InChI=1S/C16H19BrOS/c1-9-5-10(2)13(11(3)6-9)7-15(18)16-8-14(17)12(4)19-16/h5-6,8,15,18H,7H2,1-4H3. The zero-order valence-electron chi connectivity index (χ0n) is 11.7. The maximum atomic E-state index is 10.4. The van der Waals surface area contributed by atoms with Crippen LogP contribution in [-0.2, 0) is 6.42 Å². The van der Waals surface area contributed by atoms with Crippen LogP contribution in [0.5, 0.6) is 0 Å². The minimum atomic E-state index is -0.421. The molecule has 2 aromatic rings. The Labute approximate surface area is 127 Å². The molecule has 0 saturated carbocycles. The van der Waals surface area contributed by atoms with E-state index in [4.69, 9.17) is 0 Å². The minimum absolute atomic E-state index is 0.421. The smallest absolute Gasteiger partial charge is 0.0922 e. The minimum Gasteiger partial charge on any atom is -0.387 e. The van der Waals surface area contributed by atoms with Crippen LogP contribution in [-0.4, -0.2) is 5.11 Å². The first-order chi connectivity index (χ1) is 8.88. The second kappa shape index (κ2) is 5.78. The number of halogens is 1. The number of aliphatic hydroxyl groups is 1. The molecule has 1 aromatic heterocycles. The molecule has 102 valence electrons. The van der Waals surface area contributed by atoms with E-state index in [1.54, 1.807) is 11.3 Å². The molecule has 3 heteroatoms. The summed E-state index contributed by atoms with van der Waals surface area (Å²) in [6, 6.07) is 6.40. The Balaban J connectivity index is 2.26. The summed E-state index contributed by atoms with van der Waals surface area (Å²) in [5.74, 6) is 0. The fraction of sp³-hybridized carbons (Fsp3) is 0.375. The normalized spacial score (nSPS) is 12.7. The van der Waals surface area contributed by atoms with Crippen molar-refractivity contribution in [1.29, 1.82) is 0 Å². The fourth-order valence-corrected chi connectivity index (χ4v) is 4.02. The van der Waals surface area contributed by atoms with Gasteiger partial charge in [0.15, 0.2) is 0 Å². The van der Waals surface area contributed by atoms with Gasteiger partial charge < -0.3 is 5.11 Å². The lowest BCUT2D eigenvalue weighted by Gasteiger charge is -2.14. The summed E-state index contributed by atoms with van der Waals surface area (Å²) >= 11 is 5.17. The van der Waals surface area contributed by atoms with Gasteiger partial charge in [-0.05, 0) is 66.4 Å². The van der Waals surface area contributed by atoms with Crippen molar-refractivity contribution in [3.8, 4) is 0 Å². The topological polar surface area (TPSA) is 20.2 Å². The summed E-state index contributed by atoms with van der Waals surface area (Å²) in [6.45, 7) is 8.42. The molecule has 0 aliphatic heterocycles. The van der Waals surface area contributed by atoms with E-state index < -0.39 is 6.10 Å². The molecular weight excluding hydrogens is 320 g/mol. The van der Waals surface area contributed by atoms with Crippen molar-refractivity contribution in [2.45, 2.75) is 40.2 Å². The highest BCUT2D eigenvalue weighted by atomic mass is 79.9. The molecule has 1 unspecified atom stereocenters. The number of aryl methyl sites for hydroxylation is 4. The summed E-state index contributed by atoms with van der Waals surface area (Å²) < 4.78 is 1.09. The van der Waals surface area contributed by atoms with E-state index in [9.17, 15) is 5.11 Å². The molecule has 0 aliphatic rings. The van der Waals surface area contributed by atoms with Crippen LogP contribution in [0.2, 0.25) is 0 Å². The van der Waals surface area contributed by atoms with E-state index in [2.05, 4.69) is 55.8 Å². The Morgan fingerprint density at radius 2 is 1.68 bits per heavy atom. The first-order valence-electron chi connectivity index (χ1n) is 6.39. The van der Waals surface area contributed by atoms with Gasteiger partial charge in [-0.25, -0.2) is 0 Å². The quantitative estimate of drug-likeness (QED) is 0.832. The fourth-order valence-electron chi connectivity index (χ4n) is 2.47. The second-order valence-corrected chi connectivity index (χ2v) is 7.29. The monoisotopic (exact) mass is 338 g/mol. The maximum Gasteiger partial charge on any atom is 0.0922 e. The molecule has 1 nitrogen and oxygen atoms in total. The number of hydrogen-bond acceptors (Lipinski definition) is 2. The summed E-state index contributed by atoms with van der Waals surface area (Å²) in [4.78, 5) is 2.25. The van der Waals surface area contributed by atoms with Crippen molar-refractivity contribution in [2.75, 3.05) is 0 Å². The molecule has 1 N–H and O–H groups in total. The largest absolute Gasteiger partial charge is 0.387 e. The zero-order chi connectivity index (χ0) is 14.2. The molecular formula is C16H19BrOS. The highest BCUT2D eigenvalue weighted by Crippen LogP contribution is 2.33. The van der Waals surface area contributed by atoms with Crippen LogP contribution in [0.3, 0.4) is 0 Å². The average molecular weight is 339 g/mol. The molecule has 0 aliphatic carbocycles. The molecule has 2 rings (SSSR count).